The molecular formula is C23H21Cl2N3O3S. The van der Waals surface area contributed by atoms with Crippen molar-refractivity contribution < 1.29 is 13.2 Å². The van der Waals surface area contributed by atoms with Crippen LogP contribution in [-0.4, -0.2) is 41.4 Å². The smallest absolute Gasteiger partial charge is 0.243 e. The van der Waals surface area contributed by atoms with Gasteiger partial charge in [-0.1, -0.05) is 29.3 Å². The molecule has 0 radical (unpaired) electrons. The standard InChI is InChI=1S/C23H21Cl2N3O3S/c1-16-21(23(25)28(26-16)19-6-4-5-18(24)15-19)11-12-22(29)17-7-9-20(10-8-17)32(30,31)27-13-2-3-14-27/h4-12,15H,2-3,13-14H2,1H3. The maximum atomic E-state index is 12.6. The molecule has 2 aromatic carbocycles. The first-order chi connectivity index (χ1) is 15.3. The summed E-state index contributed by atoms with van der Waals surface area (Å²) in [7, 11) is -3.51. The monoisotopic (exact) mass is 489 g/mol. The molecule has 1 saturated heterocycles. The highest BCUT2D eigenvalue weighted by Gasteiger charge is 2.27. The topological polar surface area (TPSA) is 72.3 Å². The van der Waals surface area contributed by atoms with Crippen LogP contribution in [0.5, 0.6) is 0 Å². The number of hydrogen-bond acceptors (Lipinski definition) is 4. The molecule has 0 saturated carbocycles. The van der Waals surface area contributed by atoms with E-state index in [9.17, 15) is 13.2 Å². The van der Waals surface area contributed by atoms with Crippen LogP contribution in [0.25, 0.3) is 11.8 Å². The molecular weight excluding hydrogens is 469 g/mol. The summed E-state index contributed by atoms with van der Waals surface area (Å²) < 4.78 is 28.3. The normalized spacial score (nSPS) is 15.0. The van der Waals surface area contributed by atoms with Crippen molar-refractivity contribution in [2.45, 2.75) is 24.7 Å². The Labute approximate surface area is 197 Å². The fraction of sp³-hybridized carbons (Fsp3) is 0.217. The van der Waals surface area contributed by atoms with Crippen molar-refractivity contribution in [3.8, 4) is 5.69 Å². The molecule has 6 nitrogen and oxygen atoms in total. The number of halogens is 2. The van der Waals surface area contributed by atoms with Gasteiger partial charge in [0.15, 0.2) is 5.78 Å². The largest absolute Gasteiger partial charge is 0.289 e. The average Bonchev–Trinajstić information content (AvgIpc) is 3.41. The highest BCUT2D eigenvalue weighted by molar-refractivity contribution is 7.89. The van der Waals surface area contributed by atoms with E-state index in [2.05, 4.69) is 5.10 Å². The number of allylic oxidation sites excluding steroid dienone is 1. The van der Waals surface area contributed by atoms with E-state index in [4.69, 9.17) is 23.2 Å². The van der Waals surface area contributed by atoms with Crippen LogP contribution in [0.3, 0.4) is 0 Å². The summed E-state index contributed by atoms with van der Waals surface area (Å²) in [6.07, 6.45) is 4.76. The van der Waals surface area contributed by atoms with Crippen LogP contribution in [0, 0.1) is 6.92 Å². The number of benzene rings is 2. The number of ketones is 1. The zero-order chi connectivity index (χ0) is 22.9. The van der Waals surface area contributed by atoms with E-state index >= 15 is 0 Å². The number of carbonyl (C=O) groups excluding carboxylic acids is 1. The van der Waals surface area contributed by atoms with E-state index in [-0.39, 0.29) is 10.7 Å². The van der Waals surface area contributed by atoms with Crippen molar-refractivity contribution in [1.29, 1.82) is 0 Å². The zero-order valence-electron chi connectivity index (χ0n) is 17.3. The van der Waals surface area contributed by atoms with Crippen LogP contribution in [0.1, 0.15) is 34.5 Å². The van der Waals surface area contributed by atoms with E-state index in [1.54, 1.807) is 35.9 Å². The van der Waals surface area contributed by atoms with Gasteiger partial charge in [0, 0.05) is 29.2 Å². The minimum Gasteiger partial charge on any atom is -0.289 e. The summed E-state index contributed by atoms with van der Waals surface area (Å²) in [5, 5.41) is 5.37. The molecule has 0 aliphatic carbocycles. The van der Waals surface area contributed by atoms with Gasteiger partial charge in [-0.2, -0.15) is 9.40 Å². The van der Waals surface area contributed by atoms with Crippen LogP contribution in [0.2, 0.25) is 10.2 Å². The third kappa shape index (κ3) is 4.52. The molecule has 1 aliphatic heterocycles. The van der Waals surface area contributed by atoms with E-state index in [1.165, 1.54) is 34.6 Å². The van der Waals surface area contributed by atoms with E-state index in [1.807, 2.05) is 6.07 Å². The first kappa shape index (κ1) is 22.7. The lowest BCUT2D eigenvalue weighted by Gasteiger charge is -2.15. The molecule has 32 heavy (non-hydrogen) atoms. The summed E-state index contributed by atoms with van der Waals surface area (Å²) in [5.41, 5.74) is 2.38. The number of rotatable bonds is 6. The molecule has 0 atom stereocenters. The van der Waals surface area contributed by atoms with Gasteiger partial charge in [-0.15, -0.1) is 0 Å². The molecule has 0 N–H and O–H groups in total. The molecule has 3 aromatic rings. The van der Waals surface area contributed by atoms with Crippen LogP contribution in [0.4, 0.5) is 0 Å². The molecule has 1 aliphatic rings. The van der Waals surface area contributed by atoms with Crippen LogP contribution in [0.15, 0.2) is 59.5 Å². The summed E-state index contributed by atoms with van der Waals surface area (Å²) in [4.78, 5) is 12.8. The number of aromatic nitrogens is 2. The molecule has 0 amide bonds. The van der Waals surface area contributed by atoms with Gasteiger partial charge in [0.2, 0.25) is 10.0 Å². The number of aryl methyl sites for hydroxylation is 1. The lowest BCUT2D eigenvalue weighted by molar-refractivity contribution is 0.104. The Morgan fingerprint density at radius 1 is 1.06 bits per heavy atom. The number of carbonyl (C=O) groups is 1. The van der Waals surface area contributed by atoms with Crippen molar-refractivity contribution in [2.75, 3.05) is 13.1 Å². The van der Waals surface area contributed by atoms with Gasteiger partial charge in [0.25, 0.3) is 0 Å². The summed E-state index contributed by atoms with van der Waals surface area (Å²) >= 11 is 12.6. The lowest BCUT2D eigenvalue weighted by Crippen LogP contribution is -2.27. The molecule has 2 heterocycles. The molecule has 1 fully saturated rings. The molecule has 1 aromatic heterocycles. The van der Waals surface area contributed by atoms with Crippen molar-refractivity contribution in [1.82, 2.24) is 14.1 Å². The van der Waals surface area contributed by atoms with Gasteiger partial charge < -0.3 is 0 Å². The van der Waals surface area contributed by atoms with E-state index < -0.39 is 10.0 Å². The van der Waals surface area contributed by atoms with Gasteiger partial charge in [-0.25, -0.2) is 13.1 Å². The highest BCUT2D eigenvalue weighted by atomic mass is 35.5. The van der Waals surface area contributed by atoms with E-state index in [0.29, 0.717) is 45.8 Å². The molecule has 9 heteroatoms. The first-order valence-corrected chi connectivity index (χ1v) is 12.3. The molecule has 0 bridgehead atoms. The summed E-state index contributed by atoms with van der Waals surface area (Å²) in [6.45, 7) is 2.87. The number of sulfonamides is 1. The van der Waals surface area contributed by atoms with Gasteiger partial charge in [0.1, 0.15) is 5.15 Å². The fourth-order valence-electron chi connectivity index (χ4n) is 3.60. The Morgan fingerprint density at radius 3 is 2.41 bits per heavy atom. The Kier molecular flexibility index (Phi) is 6.53. The lowest BCUT2D eigenvalue weighted by atomic mass is 10.1. The molecule has 4 rings (SSSR count). The van der Waals surface area contributed by atoms with Gasteiger partial charge in [-0.05, 0) is 74.4 Å². The predicted molar refractivity (Wildman–Crippen MR) is 126 cm³/mol. The zero-order valence-corrected chi connectivity index (χ0v) is 19.7. The first-order valence-electron chi connectivity index (χ1n) is 10.1. The Morgan fingerprint density at radius 2 is 1.75 bits per heavy atom. The quantitative estimate of drug-likeness (QED) is 0.353. The molecule has 0 spiro atoms. The second kappa shape index (κ2) is 9.19. The SMILES string of the molecule is Cc1nn(-c2cccc(Cl)c2)c(Cl)c1C=CC(=O)c1ccc(S(=O)(=O)N2CCCC2)cc1. The minimum absolute atomic E-state index is 0.196. The van der Waals surface area contributed by atoms with Gasteiger partial charge >= 0.3 is 0 Å². The fourth-order valence-corrected chi connectivity index (χ4v) is 5.64. The highest BCUT2D eigenvalue weighted by Crippen LogP contribution is 2.26. The van der Waals surface area contributed by atoms with Gasteiger partial charge in [-0.3, -0.25) is 4.79 Å². The summed E-state index contributed by atoms with van der Waals surface area (Å²) in [5.74, 6) is -0.263. The third-order valence-corrected chi connectivity index (χ3v) is 7.86. The Hall–Kier alpha value is -2.45. The van der Waals surface area contributed by atoms with Crippen molar-refractivity contribution in [2.24, 2.45) is 0 Å². The second-order valence-electron chi connectivity index (χ2n) is 7.51. The average molecular weight is 490 g/mol. The third-order valence-electron chi connectivity index (χ3n) is 5.34. The van der Waals surface area contributed by atoms with Crippen molar-refractivity contribution in [3.63, 3.8) is 0 Å². The van der Waals surface area contributed by atoms with Gasteiger partial charge in [0.05, 0.1) is 16.3 Å². The van der Waals surface area contributed by atoms with Crippen molar-refractivity contribution >= 4 is 45.1 Å². The number of nitrogens with zero attached hydrogens (tertiary/aromatic N) is 3. The number of hydrogen-bond donors (Lipinski definition) is 0. The maximum absolute atomic E-state index is 12.6. The maximum Gasteiger partial charge on any atom is 0.243 e. The van der Waals surface area contributed by atoms with Crippen LogP contribution >= 0.6 is 23.2 Å². The van der Waals surface area contributed by atoms with Crippen LogP contribution < -0.4 is 0 Å². The Bertz CT molecular complexity index is 1290. The van der Waals surface area contributed by atoms with Crippen molar-refractivity contribution in [3.05, 3.63) is 81.6 Å². The van der Waals surface area contributed by atoms with E-state index in [0.717, 1.165) is 12.8 Å². The second-order valence-corrected chi connectivity index (χ2v) is 10.2. The molecule has 0 unspecified atom stereocenters. The molecule has 166 valence electrons. The summed E-state index contributed by atoms with van der Waals surface area (Å²) in [6, 6.07) is 13.2. The predicted octanol–water partition coefficient (Wildman–Crippen LogP) is 5.17. The Balaban J connectivity index is 1.54. The van der Waals surface area contributed by atoms with Crippen LogP contribution in [-0.2, 0) is 10.0 Å². The minimum atomic E-state index is -3.51.